The van der Waals surface area contributed by atoms with Crippen molar-refractivity contribution in [2.45, 2.75) is 31.9 Å². The highest BCUT2D eigenvalue weighted by Gasteiger charge is 2.37. The van der Waals surface area contributed by atoms with Crippen molar-refractivity contribution in [1.82, 2.24) is 14.7 Å². The van der Waals surface area contributed by atoms with Crippen LogP contribution in [0.1, 0.15) is 27.9 Å². The lowest BCUT2D eigenvalue weighted by Gasteiger charge is -2.32. The molecular weight excluding hydrogens is 579 g/mol. The molecule has 0 unspecified atom stereocenters. The Labute approximate surface area is 235 Å². The summed E-state index contributed by atoms with van der Waals surface area (Å²) in [6, 6.07) is 13.0. The predicted octanol–water partition coefficient (Wildman–Crippen LogP) is 8.36. The minimum Gasteiger partial charge on any atom is -0.507 e. The van der Waals surface area contributed by atoms with Crippen molar-refractivity contribution >= 4 is 23.2 Å². The van der Waals surface area contributed by atoms with Gasteiger partial charge in [0.05, 0.1) is 16.3 Å². The average Bonchev–Trinajstić information content (AvgIpc) is 3.27. The molecule has 0 fully saturated rings. The first kappa shape index (κ1) is 28.3. The van der Waals surface area contributed by atoms with Crippen LogP contribution in [0.4, 0.5) is 26.3 Å². The maximum Gasteiger partial charge on any atom is 0.435 e. The number of aromatic hydroxyl groups is 1. The number of benzene rings is 3. The van der Waals surface area contributed by atoms with Crippen molar-refractivity contribution < 1.29 is 31.4 Å². The van der Waals surface area contributed by atoms with Crippen LogP contribution in [0.25, 0.3) is 22.4 Å². The molecule has 0 spiro atoms. The van der Waals surface area contributed by atoms with Gasteiger partial charge in [-0.15, -0.1) is 0 Å². The summed E-state index contributed by atoms with van der Waals surface area (Å²) in [5.74, 6) is -0.445. The lowest BCUT2D eigenvalue weighted by molar-refractivity contribution is -0.141. The van der Waals surface area contributed by atoms with Gasteiger partial charge >= 0.3 is 12.4 Å². The first-order chi connectivity index (χ1) is 18.7. The van der Waals surface area contributed by atoms with Crippen LogP contribution in [0.5, 0.6) is 5.75 Å². The molecule has 4 aromatic rings. The molecule has 1 N–H and O–H groups in total. The molecule has 0 atom stereocenters. The van der Waals surface area contributed by atoms with Gasteiger partial charge in [0.25, 0.3) is 0 Å². The molecule has 2 heterocycles. The van der Waals surface area contributed by atoms with Gasteiger partial charge in [-0.1, -0.05) is 41.4 Å². The number of fused-ring (bicyclic) bond motifs is 1. The molecule has 40 heavy (non-hydrogen) atoms. The molecule has 0 radical (unpaired) electrons. The number of rotatable bonds is 4. The summed E-state index contributed by atoms with van der Waals surface area (Å²) in [6.45, 7) is 1.38. The Morgan fingerprint density at radius 2 is 1.62 bits per heavy atom. The highest BCUT2D eigenvalue weighted by molar-refractivity contribution is 6.31. The molecule has 1 aliphatic heterocycles. The molecule has 0 saturated carbocycles. The molecule has 210 valence electrons. The van der Waals surface area contributed by atoms with Gasteiger partial charge in [0.1, 0.15) is 5.75 Å². The first-order valence-electron chi connectivity index (χ1n) is 12.1. The second-order valence-corrected chi connectivity index (χ2v) is 10.4. The Bertz CT molecular complexity index is 1580. The fourth-order valence-electron chi connectivity index (χ4n) is 5.00. The van der Waals surface area contributed by atoms with Gasteiger partial charge in [0.15, 0.2) is 5.69 Å². The summed E-state index contributed by atoms with van der Waals surface area (Å²) < 4.78 is 82.4. The fraction of sp³-hybridized carbons (Fsp3) is 0.250. The number of phenolic OH excluding ortho intramolecular Hbond substituents is 1. The summed E-state index contributed by atoms with van der Waals surface area (Å²) in [7, 11) is 1.31. The highest BCUT2D eigenvalue weighted by Crippen LogP contribution is 2.47. The number of alkyl halides is 6. The van der Waals surface area contributed by atoms with E-state index in [-0.39, 0.29) is 28.9 Å². The van der Waals surface area contributed by atoms with Crippen molar-refractivity contribution in [3.63, 3.8) is 0 Å². The second-order valence-electron chi connectivity index (χ2n) is 9.60. The van der Waals surface area contributed by atoms with Crippen molar-refractivity contribution in [2.24, 2.45) is 7.05 Å². The zero-order valence-electron chi connectivity index (χ0n) is 20.8. The third-order valence-electron chi connectivity index (χ3n) is 6.91. The number of hydrogen-bond acceptors (Lipinski definition) is 3. The molecule has 0 bridgehead atoms. The quantitative estimate of drug-likeness (QED) is 0.240. The largest absolute Gasteiger partial charge is 0.507 e. The second kappa shape index (κ2) is 10.3. The molecule has 4 nitrogen and oxygen atoms in total. The van der Waals surface area contributed by atoms with Gasteiger partial charge in [-0.25, -0.2) is 0 Å². The lowest BCUT2D eigenvalue weighted by atomic mass is 9.86. The van der Waals surface area contributed by atoms with Crippen molar-refractivity contribution in [1.29, 1.82) is 0 Å². The van der Waals surface area contributed by atoms with Crippen molar-refractivity contribution in [3.8, 4) is 28.1 Å². The number of halogens is 8. The van der Waals surface area contributed by atoms with Gasteiger partial charge in [0, 0.05) is 42.8 Å². The van der Waals surface area contributed by atoms with Crippen LogP contribution < -0.4 is 0 Å². The molecule has 0 aliphatic carbocycles. The van der Waals surface area contributed by atoms with E-state index in [1.165, 1.54) is 13.1 Å². The third-order valence-corrected chi connectivity index (χ3v) is 7.49. The molecule has 1 aromatic heterocycles. The normalized spacial score (nSPS) is 14.4. The molecule has 1 aliphatic rings. The van der Waals surface area contributed by atoms with Gasteiger partial charge < -0.3 is 5.11 Å². The molecule has 3 aromatic carbocycles. The van der Waals surface area contributed by atoms with Gasteiger partial charge in [-0.05, 0) is 65.1 Å². The van der Waals surface area contributed by atoms with Gasteiger partial charge in [-0.3, -0.25) is 9.58 Å². The van der Waals surface area contributed by atoms with Crippen LogP contribution in [0.2, 0.25) is 10.0 Å². The van der Waals surface area contributed by atoms with E-state index in [9.17, 15) is 31.4 Å². The van der Waals surface area contributed by atoms with E-state index in [2.05, 4.69) is 10.00 Å². The fourth-order valence-corrected chi connectivity index (χ4v) is 5.35. The molecule has 12 heteroatoms. The van der Waals surface area contributed by atoms with E-state index in [0.717, 1.165) is 28.4 Å². The Morgan fingerprint density at radius 1 is 0.925 bits per heavy atom. The Balaban J connectivity index is 1.67. The van der Waals surface area contributed by atoms with Crippen LogP contribution >= 0.6 is 23.2 Å². The van der Waals surface area contributed by atoms with Crippen LogP contribution in [0.15, 0.2) is 54.6 Å². The standard InChI is InChI=1S/C28H21Cl2F6N3O/c1-38-23(12-24(37-38)28(34,35)36)19-10-16-8-9-39(13-15-2-5-18(29)6-3-15)14-20(16)25(26(19)40)17-4-7-22(30)21(11-17)27(31,32)33/h2-7,10-12,40H,8-9,13-14H2,1H3. The number of aryl methyl sites for hydroxylation is 1. The maximum atomic E-state index is 13.7. The Morgan fingerprint density at radius 3 is 2.25 bits per heavy atom. The van der Waals surface area contributed by atoms with Crippen LogP contribution in [0, 0.1) is 0 Å². The first-order valence-corrected chi connectivity index (χ1v) is 12.8. The lowest BCUT2D eigenvalue weighted by Crippen LogP contribution is -2.30. The number of aromatic nitrogens is 2. The van der Waals surface area contributed by atoms with Gasteiger partial charge in [-0.2, -0.15) is 31.4 Å². The van der Waals surface area contributed by atoms with Crippen LogP contribution in [-0.4, -0.2) is 26.3 Å². The minimum absolute atomic E-state index is 0.0255. The topological polar surface area (TPSA) is 41.3 Å². The Hall–Kier alpha value is -3.21. The summed E-state index contributed by atoms with van der Waals surface area (Å²) >= 11 is 11.8. The summed E-state index contributed by atoms with van der Waals surface area (Å²) in [4.78, 5) is 2.07. The van der Waals surface area contributed by atoms with Crippen LogP contribution in [0.3, 0.4) is 0 Å². The van der Waals surface area contributed by atoms with Gasteiger partial charge in [0.2, 0.25) is 0 Å². The number of nitrogens with zero attached hydrogens (tertiary/aromatic N) is 3. The summed E-state index contributed by atoms with van der Waals surface area (Å²) in [6.07, 6.45) is -9.03. The van der Waals surface area contributed by atoms with Crippen LogP contribution in [-0.2, 0) is 38.9 Å². The van der Waals surface area contributed by atoms with E-state index in [1.807, 2.05) is 12.1 Å². The van der Waals surface area contributed by atoms with Crippen molar-refractivity contribution in [3.05, 3.63) is 92.6 Å². The molecule has 0 saturated heterocycles. The van der Waals surface area contributed by atoms with E-state index in [1.54, 1.807) is 18.2 Å². The average molecular weight is 600 g/mol. The van der Waals surface area contributed by atoms with E-state index >= 15 is 0 Å². The summed E-state index contributed by atoms with van der Waals surface area (Å²) in [5, 5.41) is 15.1. The number of phenols is 1. The molecule has 5 rings (SSSR count). The number of hydrogen-bond donors (Lipinski definition) is 1. The maximum absolute atomic E-state index is 13.7. The zero-order chi connectivity index (χ0) is 29.0. The Kier molecular flexibility index (Phi) is 7.31. The SMILES string of the molecule is Cn1nc(C(F)(F)F)cc1-c1cc2c(c(-c3ccc(Cl)c(C(F)(F)F)c3)c1O)CN(Cc1ccc(Cl)cc1)CC2. The third kappa shape index (κ3) is 5.53. The zero-order valence-corrected chi connectivity index (χ0v) is 22.3. The molecular formula is C28H21Cl2F6N3O. The predicted molar refractivity (Wildman–Crippen MR) is 140 cm³/mol. The highest BCUT2D eigenvalue weighted by atomic mass is 35.5. The van der Waals surface area contributed by atoms with E-state index in [0.29, 0.717) is 35.7 Å². The molecule has 0 amide bonds. The van der Waals surface area contributed by atoms with E-state index in [4.69, 9.17) is 23.2 Å². The minimum atomic E-state index is -4.76. The smallest absolute Gasteiger partial charge is 0.435 e. The van der Waals surface area contributed by atoms with E-state index < -0.39 is 34.4 Å². The summed E-state index contributed by atoms with van der Waals surface area (Å²) in [5.41, 5.74) is 0.169. The van der Waals surface area contributed by atoms with Crippen molar-refractivity contribution in [2.75, 3.05) is 6.54 Å². The monoisotopic (exact) mass is 599 g/mol.